The molecule has 7 rings (SSSR count). The van der Waals surface area contributed by atoms with Crippen molar-refractivity contribution in [2.45, 2.75) is 25.8 Å². The van der Waals surface area contributed by atoms with Crippen LogP contribution in [0.5, 0.6) is 0 Å². The summed E-state index contributed by atoms with van der Waals surface area (Å²) in [4.78, 5) is 39.7. The van der Waals surface area contributed by atoms with Gasteiger partial charge in [0.15, 0.2) is 17.3 Å². The Morgan fingerprint density at radius 1 is 1.04 bits per heavy atom. The minimum atomic E-state index is -0.376. The second kappa shape index (κ2) is 11.2. The number of rotatable bonds is 7. The summed E-state index contributed by atoms with van der Waals surface area (Å²) in [5.41, 5.74) is 13.0. The lowest BCUT2D eigenvalue weighted by atomic mass is 10.0. The maximum absolute atomic E-state index is 13.6. The van der Waals surface area contributed by atoms with Crippen molar-refractivity contribution >= 4 is 34.5 Å². The number of hydrogen-bond acceptors (Lipinski definition) is 7. The molecule has 2 amide bonds. The Hall–Kier alpha value is -6.10. The third-order valence-electron chi connectivity index (χ3n) is 8.02. The molecule has 1 aliphatic rings. The molecule has 0 radical (unpaired) electrons. The Morgan fingerprint density at radius 2 is 1.93 bits per heavy atom. The Labute approximate surface area is 258 Å². The van der Waals surface area contributed by atoms with Gasteiger partial charge in [-0.2, -0.15) is 5.10 Å². The van der Waals surface area contributed by atoms with Crippen molar-refractivity contribution in [3.63, 3.8) is 0 Å². The van der Waals surface area contributed by atoms with Gasteiger partial charge in [0.1, 0.15) is 11.3 Å². The van der Waals surface area contributed by atoms with Crippen LogP contribution < -0.4 is 16.4 Å². The lowest BCUT2D eigenvalue weighted by molar-refractivity contribution is -0.111. The number of pyridine rings is 2. The van der Waals surface area contributed by atoms with Gasteiger partial charge in [-0.15, -0.1) is 0 Å². The van der Waals surface area contributed by atoms with Crippen LogP contribution >= 0.6 is 0 Å². The maximum Gasteiger partial charge on any atom is 0.254 e. The minimum Gasteiger partial charge on any atom is -0.383 e. The van der Waals surface area contributed by atoms with E-state index in [0.29, 0.717) is 45.4 Å². The summed E-state index contributed by atoms with van der Waals surface area (Å²) in [5, 5.41) is 10.3. The fourth-order valence-electron chi connectivity index (χ4n) is 5.89. The maximum atomic E-state index is 13.6. The first-order valence-electron chi connectivity index (χ1n) is 14.5. The molecule has 0 bridgehead atoms. The molecule has 222 valence electrons. The number of hydrogen-bond donors (Lipinski definition) is 3. The number of carbonyl (C=O) groups excluding carboxylic acids is 2. The molecule has 0 spiro atoms. The highest BCUT2D eigenvalue weighted by Crippen LogP contribution is 2.36. The number of benzene rings is 2. The lowest BCUT2D eigenvalue weighted by Gasteiger charge is -2.18. The van der Waals surface area contributed by atoms with E-state index in [-0.39, 0.29) is 17.9 Å². The normalized spacial score (nSPS) is 13.8. The fourth-order valence-corrected chi connectivity index (χ4v) is 5.89. The van der Waals surface area contributed by atoms with E-state index in [1.807, 2.05) is 66.2 Å². The Balaban J connectivity index is 1.27. The third kappa shape index (κ3) is 4.99. The molecule has 0 saturated carbocycles. The van der Waals surface area contributed by atoms with Gasteiger partial charge in [-0.25, -0.2) is 19.6 Å². The van der Waals surface area contributed by atoms with Crippen LogP contribution in [0.2, 0.25) is 0 Å². The van der Waals surface area contributed by atoms with Gasteiger partial charge in [-0.05, 0) is 91.1 Å². The molecule has 45 heavy (non-hydrogen) atoms. The van der Waals surface area contributed by atoms with Crippen molar-refractivity contribution in [3.8, 4) is 22.9 Å². The molecular weight excluding hydrogens is 566 g/mol. The monoisotopic (exact) mass is 595 g/mol. The summed E-state index contributed by atoms with van der Waals surface area (Å²) < 4.78 is 3.69. The van der Waals surface area contributed by atoms with E-state index in [4.69, 9.17) is 15.7 Å². The number of aromatic nitrogens is 6. The summed E-state index contributed by atoms with van der Waals surface area (Å²) in [6.45, 7) is 5.36. The predicted molar refractivity (Wildman–Crippen MR) is 172 cm³/mol. The van der Waals surface area contributed by atoms with Crippen LogP contribution in [-0.4, -0.2) is 41.1 Å². The standard InChI is InChI=1S/C34H29N9O2/c1-3-29(44)38-26-9-4-7-20(2)30(26)34(45)40-25-13-10-21-19-22(11-12-23(21)25)43-32(24-8-5-16-36-31(24)35)39-27-14-15-28(41-33(27)43)42-18-6-17-37-42/h3-9,11-12,14-19,25H,1,10,13H2,2H3,(H2,35,36)(H,38,44)(H,40,45)/t25-/m0/s1. The van der Waals surface area contributed by atoms with Crippen LogP contribution in [0.3, 0.4) is 0 Å². The molecule has 4 N–H and O–H groups in total. The van der Waals surface area contributed by atoms with Gasteiger partial charge in [0.25, 0.3) is 5.91 Å². The molecule has 6 aromatic rings. The van der Waals surface area contributed by atoms with E-state index in [2.05, 4.69) is 33.4 Å². The van der Waals surface area contributed by atoms with Gasteiger partial charge in [-0.1, -0.05) is 24.8 Å². The largest absolute Gasteiger partial charge is 0.383 e. The number of aryl methyl sites for hydroxylation is 2. The molecule has 2 aromatic carbocycles. The topological polar surface area (TPSA) is 146 Å². The first kappa shape index (κ1) is 27.7. The first-order chi connectivity index (χ1) is 21.9. The molecule has 4 heterocycles. The Morgan fingerprint density at radius 3 is 2.73 bits per heavy atom. The van der Waals surface area contributed by atoms with Crippen LogP contribution in [0, 0.1) is 6.92 Å². The van der Waals surface area contributed by atoms with Gasteiger partial charge in [-0.3, -0.25) is 14.2 Å². The fraction of sp³-hybridized carbons (Fsp3) is 0.118. The van der Waals surface area contributed by atoms with Gasteiger partial charge in [0.05, 0.1) is 22.9 Å². The van der Waals surface area contributed by atoms with Gasteiger partial charge >= 0.3 is 0 Å². The number of imidazole rings is 1. The molecule has 0 saturated heterocycles. The second-order valence-corrected chi connectivity index (χ2v) is 10.8. The van der Waals surface area contributed by atoms with Crippen LogP contribution in [0.15, 0.2) is 98.0 Å². The summed E-state index contributed by atoms with van der Waals surface area (Å²) >= 11 is 0. The van der Waals surface area contributed by atoms with E-state index in [1.54, 1.807) is 29.2 Å². The smallest absolute Gasteiger partial charge is 0.254 e. The van der Waals surface area contributed by atoms with E-state index in [1.165, 1.54) is 6.08 Å². The highest BCUT2D eigenvalue weighted by atomic mass is 16.2. The number of amides is 2. The molecule has 1 aliphatic carbocycles. The van der Waals surface area contributed by atoms with E-state index < -0.39 is 0 Å². The number of anilines is 2. The van der Waals surface area contributed by atoms with Crippen LogP contribution in [0.4, 0.5) is 11.5 Å². The van der Waals surface area contributed by atoms with Gasteiger partial charge < -0.3 is 16.4 Å². The predicted octanol–water partition coefficient (Wildman–Crippen LogP) is 5.10. The number of nitrogen functional groups attached to an aromatic ring is 1. The number of nitrogens with one attached hydrogen (secondary N) is 2. The van der Waals surface area contributed by atoms with Crippen molar-refractivity contribution in [2.24, 2.45) is 0 Å². The van der Waals surface area contributed by atoms with Crippen molar-refractivity contribution in [2.75, 3.05) is 11.1 Å². The summed E-state index contributed by atoms with van der Waals surface area (Å²) in [6.07, 6.45) is 7.88. The summed E-state index contributed by atoms with van der Waals surface area (Å²) in [6, 6.07) is 20.7. The molecule has 0 aliphatic heterocycles. The average Bonchev–Trinajstić information content (AvgIpc) is 3.80. The lowest BCUT2D eigenvalue weighted by Crippen LogP contribution is -2.29. The zero-order chi connectivity index (χ0) is 31.1. The zero-order valence-electron chi connectivity index (χ0n) is 24.4. The molecule has 0 unspecified atom stereocenters. The van der Waals surface area contributed by atoms with Crippen molar-refractivity contribution < 1.29 is 9.59 Å². The SMILES string of the molecule is C=CC(=O)Nc1cccc(C)c1C(=O)N[C@H]1CCc2cc(-n3c(-c4cccnc4N)nc4ccc(-n5cccn5)nc43)ccc21. The van der Waals surface area contributed by atoms with Crippen LogP contribution in [-0.2, 0) is 11.2 Å². The number of nitrogens with two attached hydrogens (primary N) is 1. The highest BCUT2D eigenvalue weighted by Gasteiger charge is 2.27. The molecule has 0 fully saturated rings. The van der Waals surface area contributed by atoms with Crippen LogP contribution in [0.1, 0.15) is 39.5 Å². The minimum absolute atomic E-state index is 0.193. The van der Waals surface area contributed by atoms with E-state index in [9.17, 15) is 9.59 Å². The third-order valence-corrected chi connectivity index (χ3v) is 8.02. The number of carbonyl (C=O) groups is 2. The van der Waals surface area contributed by atoms with Crippen molar-refractivity contribution in [1.82, 2.24) is 34.6 Å². The average molecular weight is 596 g/mol. The summed E-state index contributed by atoms with van der Waals surface area (Å²) in [7, 11) is 0. The number of nitrogens with zero attached hydrogens (tertiary/aromatic N) is 6. The van der Waals surface area contributed by atoms with Gasteiger partial charge in [0, 0.05) is 24.3 Å². The molecule has 11 heteroatoms. The zero-order valence-corrected chi connectivity index (χ0v) is 24.4. The Kier molecular flexibility index (Phi) is 6.89. The molecular formula is C34H29N9O2. The highest BCUT2D eigenvalue weighted by molar-refractivity contribution is 6.07. The number of fused-ring (bicyclic) bond motifs is 2. The van der Waals surface area contributed by atoms with Gasteiger partial charge in [0.2, 0.25) is 5.91 Å². The second-order valence-electron chi connectivity index (χ2n) is 10.8. The summed E-state index contributed by atoms with van der Waals surface area (Å²) in [5.74, 6) is 1.02. The quantitative estimate of drug-likeness (QED) is 0.218. The Bertz CT molecular complexity index is 2110. The van der Waals surface area contributed by atoms with E-state index in [0.717, 1.165) is 35.2 Å². The molecule has 4 aromatic heterocycles. The molecule has 11 nitrogen and oxygen atoms in total. The first-order valence-corrected chi connectivity index (χ1v) is 14.5. The molecule has 1 atom stereocenters. The van der Waals surface area contributed by atoms with Crippen LogP contribution in [0.25, 0.3) is 34.1 Å². The van der Waals surface area contributed by atoms with Crippen molar-refractivity contribution in [3.05, 3.63) is 120 Å². The van der Waals surface area contributed by atoms with Crippen molar-refractivity contribution in [1.29, 1.82) is 0 Å². The van der Waals surface area contributed by atoms with E-state index >= 15 is 0 Å².